The molecule has 110 valence electrons. The van der Waals surface area contributed by atoms with Gasteiger partial charge in [-0.05, 0) is 47.9 Å². The summed E-state index contributed by atoms with van der Waals surface area (Å²) in [4.78, 5) is 13.9. The first-order valence-corrected chi connectivity index (χ1v) is 7.37. The Morgan fingerprint density at radius 1 is 1.18 bits per heavy atom. The van der Waals surface area contributed by atoms with Crippen LogP contribution in [-0.2, 0) is 17.8 Å². The SMILES string of the molecule is O=C(C#Cc1cccc(Cl)c1)N1CCc2ccc(O)cc2C1. The van der Waals surface area contributed by atoms with Gasteiger partial charge in [-0.15, -0.1) is 0 Å². The zero-order chi connectivity index (χ0) is 15.5. The van der Waals surface area contributed by atoms with Gasteiger partial charge in [-0.1, -0.05) is 29.7 Å². The molecule has 2 aromatic carbocycles. The minimum atomic E-state index is -0.214. The van der Waals surface area contributed by atoms with Crippen LogP contribution in [-0.4, -0.2) is 22.5 Å². The first-order chi connectivity index (χ1) is 10.6. The Balaban J connectivity index is 1.75. The van der Waals surface area contributed by atoms with Crippen LogP contribution in [0.15, 0.2) is 42.5 Å². The molecule has 3 nitrogen and oxygen atoms in total. The molecule has 0 aromatic heterocycles. The highest BCUT2D eigenvalue weighted by Gasteiger charge is 2.19. The van der Waals surface area contributed by atoms with Gasteiger partial charge in [-0.3, -0.25) is 4.79 Å². The largest absolute Gasteiger partial charge is 0.508 e. The van der Waals surface area contributed by atoms with E-state index >= 15 is 0 Å². The number of phenols is 1. The number of carbonyl (C=O) groups excluding carboxylic acids is 1. The Kier molecular flexibility index (Phi) is 4.04. The van der Waals surface area contributed by atoms with Gasteiger partial charge in [-0.25, -0.2) is 0 Å². The van der Waals surface area contributed by atoms with Gasteiger partial charge in [0.15, 0.2) is 0 Å². The molecule has 1 amide bonds. The number of aromatic hydroxyl groups is 1. The molecule has 3 rings (SSSR count). The average molecular weight is 312 g/mol. The van der Waals surface area contributed by atoms with Crippen LogP contribution in [0.1, 0.15) is 16.7 Å². The van der Waals surface area contributed by atoms with Crippen molar-refractivity contribution < 1.29 is 9.90 Å². The molecule has 0 radical (unpaired) electrons. The Bertz CT molecular complexity index is 789. The van der Waals surface area contributed by atoms with Crippen LogP contribution in [0.25, 0.3) is 0 Å². The third-order valence-electron chi connectivity index (χ3n) is 3.63. The summed E-state index contributed by atoms with van der Waals surface area (Å²) in [5, 5.41) is 10.1. The van der Waals surface area contributed by atoms with Crippen LogP contribution in [0, 0.1) is 11.8 Å². The van der Waals surface area contributed by atoms with Gasteiger partial charge in [0.1, 0.15) is 5.75 Å². The first kappa shape index (κ1) is 14.5. The number of nitrogens with zero attached hydrogens (tertiary/aromatic N) is 1. The van der Waals surface area contributed by atoms with Crippen molar-refractivity contribution in [1.29, 1.82) is 0 Å². The topological polar surface area (TPSA) is 40.5 Å². The molecule has 0 saturated carbocycles. The molecule has 0 bridgehead atoms. The second-order valence-corrected chi connectivity index (χ2v) is 5.63. The van der Waals surface area contributed by atoms with E-state index in [-0.39, 0.29) is 11.7 Å². The van der Waals surface area contributed by atoms with Crippen LogP contribution in [0.3, 0.4) is 0 Å². The van der Waals surface area contributed by atoms with Gasteiger partial charge >= 0.3 is 0 Å². The van der Waals surface area contributed by atoms with Crippen molar-refractivity contribution in [3.63, 3.8) is 0 Å². The third kappa shape index (κ3) is 3.24. The molecule has 0 atom stereocenters. The van der Waals surface area contributed by atoms with E-state index in [2.05, 4.69) is 11.8 Å². The number of hydrogen-bond donors (Lipinski definition) is 1. The molecular weight excluding hydrogens is 298 g/mol. The minimum absolute atomic E-state index is 0.214. The lowest BCUT2D eigenvalue weighted by Gasteiger charge is -2.27. The second-order valence-electron chi connectivity index (χ2n) is 5.19. The Hall–Kier alpha value is -2.44. The van der Waals surface area contributed by atoms with Gasteiger partial charge < -0.3 is 10.0 Å². The summed E-state index contributed by atoms with van der Waals surface area (Å²) in [5.41, 5.74) is 2.87. The number of hydrogen-bond acceptors (Lipinski definition) is 2. The van der Waals surface area contributed by atoms with Crippen LogP contribution >= 0.6 is 11.6 Å². The van der Waals surface area contributed by atoms with Crippen molar-refractivity contribution in [1.82, 2.24) is 4.90 Å². The van der Waals surface area contributed by atoms with E-state index < -0.39 is 0 Å². The van der Waals surface area contributed by atoms with E-state index in [1.165, 1.54) is 5.56 Å². The van der Waals surface area contributed by atoms with Crippen molar-refractivity contribution in [3.05, 3.63) is 64.2 Å². The lowest BCUT2D eigenvalue weighted by molar-refractivity contribution is -0.125. The van der Waals surface area contributed by atoms with Gasteiger partial charge in [0.05, 0.1) is 0 Å². The van der Waals surface area contributed by atoms with E-state index in [0.717, 1.165) is 17.5 Å². The molecule has 0 spiro atoms. The summed E-state index contributed by atoms with van der Waals surface area (Å²) in [6.07, 6.45) is 0.778. The van der Waals surface area contributed by atoms with E-state index in [1.54, 1.807) is 35.2 Å². The summed E-state index contributed by atoms with van der Waals surface area (Å²) < 4.78 is 0. The molecule has 0 fully saturated rings. The fourth-order valence-corrected chi connectivity index (χ4v) is 2.68. The lowest BCUT2D eigenvalue weighted by atomic mass is 9.99. The zero-order valence-electron chi connectivity index (χ0n) is 11.8. The Morgan fingerprint density at radius 3 is 2.86 bits per heavy atom. The predicted molar refractivity (Wildman–Crippen MR) is 85.6 cm³/mol. The standard InChI is InChI=1S/C18H14ClNO2/c19-16-3-1-2-13(10-16)4-7-18(22)20-9-8-14-5-6-17(21)11-15(14)12-20/h1-3,5-6,10-11,21H,8-9,12H2. The lowest BCUT2D eigenvalue weighted by Crippen LogP contribution is -2.35. The maximum Gasteiger partial charge on any atom is 0.299 e. The normalized spacial score (nSPS) is 13.0. The molecule has 1 aliphatic rings. The number of amides is 1. The monoisotopic (exact) mass is 311 g/mol. The van der Waals surface area contributed by atoms with Crippen molar-refractivity contribution in [2.24, 2.45) is 0 Å². The summed E-state index contributed by atoms with van der Waals surface area (Å²) in [5.74, 6) is 5.51. The molecule has 0 unspecified atom stereocenters. The van der Waals surface area contributed by atoms with Crippen molar-refractivity contribution in [3.8, 4) is 17.6 Å². The zero-order valence-corrected chi connectivity index (χ0v) is 12.6. The van der Waals surface area contributed by atoms with Crippen molar-refractivity contribution in [2.75, 3.05) is 6.54 Å². The molecule has 0 aliphatic carbocycles. The Labute approximate surface area is 134 Å². The highest BCUT2D eigenvalue weighted by atomic mass is 35.5. The molecule has 1 heterocycles. The average Bonchev–Trinajstić information content (AvgIpc) is 2.52. The Morgan fingerprint density at radius 2 is 2.05 bits per heavy atom. The van der Waals surface area contributed by atoms with E-state index in [9.17, 15) is 9.90 Å². The molecule has 4 heteroatoms. The maximum atomic E-state index is 12.2. The van der Waals surface area contributed by atoms with E-state index in [4.69, 9.17) is 11.6 Å². The minimum Gasteiger partial charge on any atom is -0.508 e. The van der Waals surface area contributed by atoms with Crippen molar-refractivity contribution >= 4 is 17.5 Å². The summed E-state index contributed by atoms with van der Waals surface area (Å²) in [6.45, 7) is 1.12. The first-order valence-electron chi connectivity index (χ1n) is 6.99. The van der Waals surface area contributed by atoms with Crippen molar-refractivity contribution in [2.45, 2.75) is 13.0 Å². The van der Waals surface area contributed by atoms with E-state index in [0.29, 0.717) is 18.1 Å². The molecule has 1 N–H and O–H groups in total. The maximum absolute atomic E-state index is 12.2. The number of carbonyl (C=O) groups is 1. The van der Waals surface area contributed by atoms with Gasteiger partial charge in [-0.2, -0.15) is 0 Å². The van der Waals surface area contributed by atoms with Gasteiger partial charge in [0.2, 0.25) is 0 Å². The fourth-order valence-electron chi connectivity index (χ4n) is 2.49. The number of fused-ring (bicyclic) bond motifs is 1. The summed E-state index contributed by atoms with van der Waals surface area (Å²) in [7, 11) is 0. The molecule has 0 saturated heterocycles. The quantitative estimate of drug-likeness (QED) is 0.760. The second kappa shape index (κ2) is 6.13. The molecule has 22 heavy (non-hydrogen) atoms. The smallest absolute Gasteiger partial charge is 0.299 e. The predicted octanol–water partition coefficient (Wildman–Crippen LogP) is 2.98. The fraction of sp³-hybridized carbons (Fsp3) is 0.167. The van der Waals surface area contributed by atoms with E-state index in [1.807, 2.05) is 12.1 Å². The molecule has 2 aromatic rings. The molecule has 1 aliphatic heterocycles. The van der Waals surface area contributed by atoms with Crippen LogP contribution in [0.2, 0.25) is 5.02 Å². The number of rotatable bonds is 0. The number of phenolic OH excluding ortho intramolecular Hbond substituents is 1. The third-order valence-corrected chi connectivity index (χ3v) is 3.86. The number of benzene rings is 2. The summed E-state index contributed by atoms with van der Waals surface area (Å²) in [6, 6.07) is 12.4. The van der Waals surface area contributed by atoms with Crippen LogP contribution < -0.4 is 0 Å². The highest BCUT2D eigenvalue weighted by molar-refractivity contribution is 6.30. The molecular formula is C18H14ClNO2. The summed E-state index contributed by atoms with van der Waals surface area (Å²) >= 11 is 5.89. The van der Waals surface area contributed by atoms with Crippen LogP contribution in [0.5, 0.6) is 5.75 Å². The highest BCUT2D eigenvalue weighted by Crippen LogP contribution is 2.23. The number of halogens is 1. The van der Waals surface area contributed by atoms with Gasteiger partial charge in [0, 0.05) is 29.6 Å². The van der Waals surface area contributed by atoms with Crippen LogP contribution in [0.4, 0.5) is 0 Å². The van der Waals surface area contributed by atoms with Gasteiger partial charge in [0.25, 0.3) is 5.91 Å².